The topological polar surface area (TPSA) is 173 Å². The van der Waals surface area contributed by atoms with Gasteiger partial charge in [0.05, 0.1) is 0 Å². The molecule has 2 rings (SSSR count). The second-order valence-electron chi connectivity index (χ2n) is 4.75. The number of carboxylic acid groups (broad SMARTS) is 2. The lowest BCUT2D eigenvalue weighted by Gasteiger charge is -1.98. The zero-order valence-corrected chi connectivity index (χ0v) is 14.6. The van der Waals surface area contributed by atoms with Crippen LogP contribution in [0.5, 0.6) is 23.0 Å². The zero-order chi connectivity index (χ0) is 20.4. The van der Waals surface area contributed by atoms with Crippen LogP contribution in [0.25, 0.3) is 0 Å². The van der Waals surface area contributed by atoms with Crippen LogP contribution in [-0.2, 0) is 10.8 Å². The average molecular weight is 386 g/mol. The Bertz CT molecular complexity index is 737. The van der Waals surface area contributed by atoms with E-state index in [4.69, 9.17) is 30.6 Å². The molecule has 26 heavy (non-hydrogen) atoms. The molecule has 0 fully saturated rings. The summed E-state index contributed by atoms with van der Waals surface area (Å²) in [6, 6.07) is 6.61. The standard InChI is InChI=1S/2C7H6O4.C2H6OS/c2*8-4-1-2-5(7(10)11)6(9)3-4;1-4(2)3/h2*1-3,8-9H,(H,10,11);1-2H3. The van der Waals surface area contributed by atoms with Crippen LogP contribution in [0.1, 0.15) is 20.7 Å². The number of rotatable bonds is 2. The fourth-order valence-corrected chi connectivity index (χ4v) is 1.40. The second-order valence-corrected chi connectivity index (χ2v) is 6.24. The molecule has 0 heterocycles. The van der Waals surface area contributed by atoms with Crippen molar-refractivity contribution in [2.45, 2.75) is 0 Å². The van der Waals surface area contributed by atoms with Crippen molar-refractivity contribution >= 4 is 22.7 Å². The van der Waals surface area contributed by atoms with Gasteiger partial charge in [-0.05, 0) is 24.3 Å². The van der Waals surface area contributed by atoms with Crippen LogP contribution in [-0.4, -0.2) is 59.3 Å². The van der Waals surface area contributed by atoms with Crippen molar-refractivity contribution < 1.29 is 44.4 Å². The predicted molar refractivity (Wildman–Crippen MR) is 93.5 cm³/mol. The summed E-state index contributed by atoms with van der Waals surface area (Å²) in [6.07, 6.45) is 3.28. The lowest BCUT2D eigenvalue weighted by atomic mass is 10.2. The summed E-state index contributed by atoms with van der Waals surface area (Å²) in [7, 11) is -0.611. The molecule has 0 atom stereocenters. The largest absolute Gasteiger partial charge is 0.508 e. The molecule has 0 saturated heterocycles. The molecular formula is C16H18O9S. The lowest BCUT2D eigenvalue weighted by molar-refractivity contribution is 0.0682. The highest BCUT2D eigenvalue weighted by atomic mass is 32.2. The molecule has 2 aromatic rings. The van der Waals surface area contributed by atoms with Crippen molar-refractivity contribution in [3.05, 3.63) is 47.5 Å². The number of carbonyl (C=O) groups is 2. The summed E-state index contributed by atoms with van der Waals surface area (Å²) in [6.45, 7) is 0. The summed E-state index contributed by atoms with van der Waals surface area (Å²) in [5, 5.41) is 52.2. The van der Waals surface area contributed by atoms with E-state index in [1.54, 1.807) is 12.5 Å². The molecule has 6 N–H and O–H groups in total. The van der Waals surface area contributed by atoms with Crippen molar-refractivity contribution in [2.75, 3.05) is 12.5 Å². The van der Waals surface area contributed by atoms with Crippen molar-refractivity contribution in [2.24, 2.45) is 0 Å². The van der Waals surface area contributed by atoms with Gasteiger partial charge in [0.25, 0.3) is 0 Å². The Balaban J connectivity index is 0.000000401. The molecule has 0 bridgehead atoms. The molecule has 0 unspecified atom stereocenters. The van der Waals surface area contributed by atoms with Gasteiger partial charge in [-0.1, -0.05) is 0 Å². The van der Waals surface area contributed by atoms with Crippen LogP contribution in [0.4, 0.5) is 0 Å². The highest BCUT2D eigenvalue weighted by Crippen LogP contribution is 2.22. The molecule has 0 spiro atoms. The molecular weight excluding hydrogens is 368 g/mol. The Morgan fingerprint density at radius 1 is 0.731 bits per heavy atom. The number of phenolic OH excluding ortho intramolecular Hbond substituents is 2. The van der Waals surface area contributed by atoms with Crippen molar-refractivity contribution in [3.63, 3.8) is 0 Å². The minimum Gasteiger partial charge on any atom is -0.508 e. The van der Waals surface area contributed by atoms with Crippen LogP contribution in [0.2, 0.25) is 0 Å². The van der Waals surface area contributed by atoms with Gasteiger partial charge in [0.2, 0.25) is 0 Å². The Hall–Kier alpha value is -3.27. The van der Waals surface area contributed by atoms with Gasteiger partial charge >= 0.3 is 11.9 Å². The number of carboxylic acids is 2. The maximum atomic E-state index is 10.3. The smallest absolute Gasteiger partial charge is 0.339 e. The van der Waals surface area contributed by atoms with Crippen LogP contribution in [0, 0.1) is 0 Å². The van der Waals surface area contributed by atoms with E-state index in [9.17, 15) is 13.8 Å². The molecule has 0 radical (unpaired) electrons. The van der Waals surface area contributed by atoms with Crippen molar-refractivity contribution in [3.8, 4) is 23.0 Å². The Kier molecular flexibility index (Phi) is 9.24. The zero-order valence-electron chi connectivity index (χ0n) is 13.8. The van der Waals surface area contributed by atoms with Crippen LogP contribution in [0.15, 0.2) is 36.4 Å². The van der Waals surface area contributed by atoms with E-state index >= 15 is 0 Å². The maximum absolute atomic E-state index is 10.3. The summed E-state index contributed by atoms with van der Waals surface area (Å²) < 4.78 is 9.56. The van der Waals surface area contributed by atoms with E-state index < -0.39 is 34.2 Å². The number of benzene rings is 2. The van der Waals surface area contributed by atoms with Gasteiger partial charge in [-0.15, -0.1) is 0 Å². The van der Waals surface area contributed by atoms with Gasteiger partial charge in [-0.25, -0.2) is 9.59 Å². The quantitative estimate of drug-likeness (QED) is 0.448. The van der Waals surface area contributed by atoms with E-state index in [0.717, 1.165) is 24.3 Å². The molecule has 9 nitrogen and oxygen atoms in total. The third kappa shape index (κ3) is 8.55. The van der Waals surface area contributed by atoms with E-state index in [-0.39, 0.29) is 22.6 Å². The van der Waals surface area contributed by atoms with Gasteiger partial charge in [0, 0.05) is 35.4 Å². The molecule has 0 aliphatic heterocycles. The highest BCUT2D eigenvalue weighted by molar-refractivity contribution is 7.83. The van der Waals surface area contributed by atoms with Crippen molar-refractivity contribution in [1.82, 2.24) is 0 Å². The average Bonchev–Trinajstić information content (AvgIpc) is 2.46. The number of hydrogen-bond donors (Lipinski definition) is 6. The van der Waals surface area contributed by atoms with Gasteiger partial charge in [0.1, 0.15) is 34.1 Å². The summed E-state index contributed by atoms with van der Waals surface area (Å²) in [5.41, 5.74) is -0.439. The molecule has 142 valence electrons. The Labute approximate surface area is 150 Å². The van der Waals surface area contributed by atoms with Gasteiger partial charge in [-0.3, -0.25) is 4.21 Å². The van der Waals surface area contributed by atoms with E-state index in [0.29, 0.717) is 0 Å². The highest BCUT2D eigenvalue weighted by Gasteiger charge is 2.09. The summed E-state index contributed by atoms with van der Waals surface area (Å²) in [4.78, 5) is 20.6. The van der Waals surface area contributed by atoms with Crippen LogP contribution in [0.3, 0.4) is 0 Å². The SMILES string of the molecule is CS(C)=O.O=C(O)c1ccc(O)cc1O.O=C(O)c1ccc(O)cc1O. The fraction of sp³-hybridized carbons (Fsp3) is 0.125. The normalized spacial score (nSPS) is 9.35. The minimum absolute atomic E-state index is 0.160. The van der Waals surface area contributed by atoms with Gasteiger partial charge < -0.3 is 30.6 Å². The van der Waals surface area contributed by atoms with Crippen molar-refractivity contribution in [1.29, 1.82) is 0 Å². The Morgan fingerprint density at radius 2 is 1.00 bits per heavy atom. The first kappa shape index (κ1) is 22.7. The first-order valence-electron chi connectivity index (χ1n) is 6.71. The summed E-state index contributed by atoms with van der Waals surface area (Å²) >= 11 is 0. The fourth-order valence-electron chi connectivity index (χ4n) is 1.40. The summed E-state index contributed by atoms with van der Waals surface area (Å²) in [5.74, 6) is -3.62. The molecule has 2 aromatic carbocycles. The van der Waals surface area contributed by atoms with Crippen LogP contribution < -0.4 is 0 Å². The monoisotopic (exact) mass is 386 g/mol. The number of hydrogen-bond acceptors (Lipinski definition) is 7. The minimum atomic E-state index is -1.22. The third-order valence-electron chi connectivity index (χ3n) is 2.42. The first-order valence-corrected chi connectivity index (χ1v) is 8.68. The maximum Gasteiger partial charge on any atom is 0.339 e. The molecule has 10 heteroatoms. The second kappa shape index (κ2) is 10.6. The third-order valence-corrected chi connectivity index (χ3v) is 2.42. The molecule has 0 aliphatic rings. The molecule has 0 aliphatic carbocycles. The molecule has 0 saturated carbocycles. The molecule has 0 amide bonds. The number of phenols is 4. The van der Waals surface area contributed by atoms with Gasteiger partial charge in [0.15, 0.2) is 0 Å². The number of aromatic carboxylic acids is 2. The van der Waals surface area contributed by atoms with E-state index in [1.165, 1.54) is 12.1 Å². The van der Waals surface area contributed by atoms with Crippen LogP contribution >= 0.6 is 0 Å². The van der Waals surface area contributed by atoms with Gasteiger partial charge in [-0.2, -0.15) is 0 Å². The predicted octanol–water partition coefficient (Wildman–Crippen LogP) is 1.59. The Morgan fingerprint density at radius 3 is 1.19 bits per heavy atom. The lowest BCUT2D eigenvalue weighted by Crippen LogP contribution is -1.95. The first-order chi connectivity index (χ1) is 12.0. The van der Waals surface area contributed by atoms with E-state index in [2.05, 4.69) is 0 Å². The molecule has 0 aromatic heterocycles. The number of aromatic hydroxyl groups is 4. The van der Waals surface area contributed by atoms with E-state index in [1.807, 2.05) is 0 Å².